The summed E-state index contributed by atoms with van der Waals surface area (Å²) >= 11 is 0. The lowest BCUT2D eigenvalue weighted by Gasteiger charge is -1.89. The molecular formula is C5H6N2O3. The van der Waals surface area contributed by atoms with Gasteiger partial charge in [0.15, 0.2) is 0 Å². The van der Waals surface area contributed by atoms with Gasteiger partial charge in [0, 0.05) is 6.20 Å². The highest BCUT2D eigenvalue weighted by atomic mass is 16.3. The summed E-state index contributed by atoms with van der Waals surface area (Å²) in [7, 11) is 0. The molecule has 5 heteroatoms. The standard InChI is InChI=1S/C5H6N2O3/c8-2-3-1-6-5(10)7-4(3)9/h1,8H,2H2,(H2,6,7,9,10)/i2D2,3+1,4+1. The molecule has 10 heavy (non-hydrogen) atoms. The number of rotatable bonds is 1. The van der Waals surface area contributed by atoms with E-state index in [1.54, 1.807) is 4.98 Å². The SMILES string of the molecule is [2H]C([2H])(O)[13c]1c[nH]c(=O)[nH][13c]1=O. The van der Waals surface area contributed by atoms with Crippen LogP contribution in [0.1, 0.15) is 8.30 Å². The molecule has 0 aliphatic carbocycles. The third-order valence-corrected chi connectivity index (χ3v) is 0.940. The Hall–Kier alpha value is -1.36. The summed E-state index contributed by atoms with van der Waals surface area (Å²) in [6, 6.07) is 0. The van der Waals surface area contributed by atoms with Crippen LogP contribution in [0, 0.1) is 0 Å². The van der Waals surface area contributed by atoms with Crippen LogP contribution in [0.25, 0.3) is 0 Å². The molecule has 1 heterocycles. The highest BCUT2D eigenvalue weighted by molar-refractivity contribution is 5.00. The monoisotopic (exact) mass is 146 g/mol. The zero-order valence-electron chi connectivity index (χ0n) is 6.84. The molecule has 0 spiro atoms. The fourth-order valence-corrected chi connectivity index (χ4v) is 0.493. The Bertz CT molecular complexity index is 389. The average Bonchev–Trinajstić information content (AvgIpc) is 1.83. The van der Waals surface area contributed by atoms with Crippen LogP contribution in [0.3, 0.4) is 0 Å². The molecule has 0 aliphatic heterocycles. The van der Waals surface area contributed by atoms with Crippen molar-refractivity contribution in [1.82, 2.24) is 9.97 Å². The van der Waals surface area contributed by atoms with E-state index in [0.29, 0.717) is 0 Å². The molecule has 0 aromatic carbocycles. The molecule has 1 aromatic rings. The van der Waals surface area contributed by atoms with Gasteiger partial charge in [0.25, 0.3) is 5.56 Å². The molecule has 0 aliphatic rings. The third kappa shape index (κ3) is 1.14. The first-order valence-electron chi connectivity index (χ1n) is 3.46. The van der Waals surface area contributed by atoms with Gasteiger partial charge in [0.05, 0.1) is 14.9 Å². The summed E-state index contributed by atoms with van der Waals surface area (Å²) in [4.78, 5) is 25.1. The summed E-state index contributed by atoms with van der Waals surface area (Å²) in [5, 5.41) is 8.75. The van der Waals surface area contributed by atoms with E-state index < -0.39 is 23.4 Å². The van der Waals surface area contributed by atoms with Gasteiger partial charge in [0.2, 0.25) is 0 Å². The zero-order chi connectivity index (χ0) is 9.35. The largest absolute Gasteiger partial charge is 0.391 e. The van der Waals surface area contributed by atoms with Crippen molar-refractivity contribution >= 4 is 0 Å². The number of aromatic nitrogens is 2. The Morgan fingerprint density at radius 2 is 2.40 bits per heavy atom. The van der Waals surface area contributed by atoms with Crippen LogP contribution in [-0.4, -0.2) is 15.1 Å². The molecule has 1 aromatic heterocycles. The summed E-state index contributed by atoms with van der Waals surface area (Å²) in [5.74, 6) is 0. The average molecular weight is 146 g/mol. The number of hydrogen-bond acceptors (Lipinski definition) is 3. The van der Waals surface area contributed by atoms with Crippen LogP contribution in [0.15, 0.2) is 15.8 Å². The van der Waals surface area contributed by atoms with Gasteiger partial charge in [-0.05, 0) is 0 Å². The van der Waals surface area contributed by atoms with E-state index in [0.717, 1.165) is 6.20 Å². The van der Waals surface area contributed by atoms with Crippen molar-refractivity contribution in [3.8, 4) is 0 Å². The van der Waals surface area contributed by atoms with Gasteiger partial charge in [-0.2, -0.15) is 0 Å². The van der Waals surface area contributed by atoms with Gasteiger partial charge in [-0.1, -0.05) is 0 Å². The fourth-order valence-electron chi connectivity index (χ4n) is 0.493. The van der Waals surface area contributed by atoms with Gasteiger partial charge in [-0.25, -0.2) is 4.79 Å². The van der Waals surface area contributed by atoms with Crippen molar-refractivity contribution in [3.63, 3.8) is 0 Å². The molecule has 0 amide bonds. The van der Waals surface area contributed by atoms with Crippen LogP contribution in [0.4, 0.5) is 0 Å². The topological polar surface area (TPSA) is 85.9 Å². The normalized spacial score (nSPS) is 14.1. The Balaban J connectivity index is 3.39. The third-order valence-electron chi connectivity index (χ3n) is 0.940. The second-order valence-corrected chi connectivity index (χ2v) is 1.60. The highest BCUT2D eigenvalue weighted by Crippen LogP contribution is 1.79. The lowest BCUT2D eigenvalue weighted by Crippen LogP contribution is -2.24. The van der Waals surface area contributed by atoms with Gasteiger partial charge < -0.3 is 10.1 Å². The summed E-state index contributed by atoms with van der Waals surface area (Å²) < 4.78 is 13.5. The number of aliphatic hydroxyl groups is 1. The molecule has 0 bridgehead atoms. The van der Waals surface area contributed by atoms with E-state index in [-0.39, 0.29) is 0 Å². The predicted octanol–water partition coefficient (Wildman–Crippen LogP) is -1.44. The summed E-state index contributed by atoms with van der Waals surface area (Å²) in [6.45, 7) is -2.74. The van der Waals surface area contributed by atoms with Crippen LogP contribution in [0.2, 0.25) is 0 Å². The Morgan fingerprint density at radius 1 is 1.70 bits per heavy atom. The quantitative estimate of drug-likeness (QED) is 0.453. The first-order chi connectivity index (χ1) is 5.41. The molecule has 54 valence electrons. The zero-order valence-corrected chi connectivity index (χ0v) is 4.84. The number of aromatic amines is 2. The van der Waals surface area contributed by atoms with Crippen molar-refractivity contribution in [1.29, 1.82) is 0 Å². The molecule has 0 unspecified atom stereocenters. The van der Waals surface area contributed by atoms with Crippen molar-refractivity contribution in [2.45, 2.75) is 6.56 Å². The molecule has 5 nitrogen and oxygen atoms in total. The maximum absolute atomic E-state index is 10.8. The van der Waals surface area contributed by atoms with E-state index >= 15 is 0 Å². The first kappa shape index (κ1) is 4.45. The van der Waals surface area contributed by atoms with E-state index in [1.807, 2.05) is 4.98 Å². The van der Waals surface area contributed by atoms with Crippen LogP contribution < -0.4 is 11.2 Å². The molecule has 0 atom stereocenters. The first-order valence-corrected chi connectivity index (χ1v) is 2.46. The minimum atomic E-state index is -2.74. The molecule has 0 radical (unpaired) electrons. The van der Waals surface area contributed by atoms with Crippen molar-refractivity contribution in [3.05, 3.63) is 32.6 Å². The molecule has 3 N–H and O–H groups in total. The number of H-pyrrole nitrogens is 2. The van der Waals surface area contributed by atoms with E-state index in [1.165, 1.54) is 0 Å². The van der Waals surface area contributed by atoms with Crippen LogP contribution in [0.5, 0.6) is 0 Å². The number of nitrogens with one attached hydrogen (secondary N) is 2. The Labute approximate surface area is 58.2 Å². The second kappa shape index (κ2) is 2.49. The van der Waals surface area contributed by atoms with Gasteiger partial charge in [-0.15, -0.1) is 0 Å². The Morgan fingerprint density at radius 3 is 2.90 bits per heavy atom. The smallest absolute Gasteiger partial charge is 0.325 e. The lowest BCUT2D eigenvalue weighted by atomic mass is 10.8. The molecule has 0 saturated heterocycles. The minimum absolute atomic E-state index is 0.526. The summed E-state index contributed by atoms with van der Waals surface area (Å²) in [6.07, 6.45) is 0.834. The molecule has 0 fully saturated rings. The lowest BCUT2D eigenvalue weighted by molar-refractivity contribution is 0.279. The Kier molecular flexibility index (Phi) is 1.11. The second-order valence-electron chi connectivity index (χ2n) is 1.60. The maximum Gasteiger partial charge on any atom is 0.325 e. The molecule has 0 saturated carbocycles. The van der Waals surface area contributed by atoms with E-state index in [9.17, 15) is 9.59 Å². The van der Waals surface area contributed by atoms with Crippen LogP contribution in [-0.2, 0) is 6.56 Å². The van der Waals surface area contributed by atoms with Crippen molar-refractivity contribution in [2.75, 3.05) is 0 Å². The van der Waals surface area contributed by atoms with Crippen LogP contribution >= 0.6 is 0 Å². The summed E-state index contributed by atoms with van der Waals surface area (Å²) in [5.41, 5.74) is -2.21. The van der Waals surface area contributed by atoms with Crippen molar-refractivity contribution in [2.24, 2.45) is 0 Å². The van der Waals surface area contributed by atoms with Crippen molar-refractivity contribution < 1.29 is 7.85 Å². The van der Waals surface area contributed by atoms with Gasteiger partial charge in [-0.3, -0.25) is 9.78 Å². The highest BCUT2D eigenvalue weighted by Gasteiger charge is 1.95. The molecular weight excluding hydrogens is 138 g/mol. The fraction of sp³-hybridized carbons (Fsp3) is 0.200. The predicted molar refractivity (Wildman–Crippen MR) is 33.6 cm³/mol. The minimum Gasteiger partial charge on any atom is -0.391 e. The molecule has 1 rings (SSSR count). The van der Waals surface area contributed by atoms with E-state index in [2.05, 4.69) is 0 Å². The van der Waals surface area contributed by atoms with Gasteiger partial charge >= 0.3 is 5.69 Å². The maximum atomic E-state index is 10.8. The van der Waals surface area contributed by atoms with Gasteiger partial charge in [0.1, 0.15) is 0 Å². The number of hydrogen-bond donors (Lipinski definition) is 3. The van der Waals surface area contributed by atoms with E-state index in [4.69, 9.17) is 7.85 Å².